The SMILES string of the molecule is O=C1Nc2ccc(F)cc2C1=CNc1ccc(NCCCN2CCOCC2)cc1. The van der Waals surface area contributed by atoms with Gasteiger partial charge in [-0.1, -0.05) is 0 Å². The highest BCUT2D eigenvalue weighted by atomic mass is 19.1. The largest absolute Gasteiger partial charge is 0.385 e. The summed E-state index contributed by atoms with van der Waals surface area (Å²) in [6, 6.07) is 12.2. The van der Waals surface area contributed by atoms with Gasteiger partial charge in [-0.05, 0) is 55.4 Å². The lowest BCUT2D eigenvalue weighted by atomic mass is 10.1. The summed E-state index contributed by atoms with van der Waals surface area (Å²) in [4.78, 5) is 14.5. The highest BCUT2D eigenvalue weighted by molar-refractivity contribution is 6.31. The van der Waals surface area contributed by atoms with Crippen LogP contribution >= 0.6 is 0 Å². The normalized spacial score (nSPS) is 17.8. The Hall–Kier alpha value is -2.90. The topological polar surface area (TPSA) is 65.6 Å². The van der Waals surface area contributed by atoms with E-state index in [0.29, 0.717) is 16.8 Å². The molecule has 2 aromatic rings. The van der Waals surface area contributed by atoms with Gasteiger partial charge in [-0.15, -0.1) is 0 Å². The summed E-state index contributed by atoms with van der Waals surface area (Å²) in [6.45, 7) is 5.70. The number of hydrogen-bond acceptors (Lipinski definition) is 5. The molecule has 29 heavy (non-hydrogen) atoms. The van der Waals surface area contributed by atoms with E-state index in [4.69, 9.17) is 4.74 Å². The van der Waals surface area contributed by atoms with E-state index in [1.807, 2.05) is 24.3 Å². The number of nitrogens with zero attached hydrogens (tertiary/aromatic N) is 1. The van der Waals surface area contributed by atoms with Gasteiger partial charge in [-0.25, -0.2) is 4.39 Å². The van der Waals surface area contributed by atoms with Gasteiger partial charge in [0, 0.05) is 48.5 Å². The lowest BCUT2D eigenvalue weighted by Gasteiger charge is -2.26. The zero-order chi connectivity index (χ0) is 20.1. The first-order chi connectivity index (χ1) is 14.2. The maximum Gasteiger partial charge on any atom is 0.257 e. The number of carbonyl (C=O) groups is 1. The van der Waals surface area contributed by atoms with Gasteiger partial charge in [0.05, 0.1) is 18.8 Å². The van der Waals surface area contributed by atoms with Crippen molar-refractivity contribution in [3.63, 3.8) is 0 Å². The summed E-state index contributed by atoms with van der Waals surface area (Å²) >= 11 is 0. The maximum atomic E-state index is 13.5. The van der Waals surface area contributed by atoms with Crippen molar-refractivity contribution in [3.8, 4) is 0 Å². The fourth-order valence-corrected chi connectivity index (χ4v) is 3.50. The van der Waals surface area contributed by atoms with Crippen molar-refractivity contribution in [3.05, 3.63) is 60.0 Å². The summed E-state index contributed by atoms with van der Waals surface area (Å²) in [6.07, 6.45) is 2.70. The van der Waals surface area contributed by atoms with Crippen LogP contribution in [-0.2, 0) is 9.53 Å². The average Bonchev–Trinajstić information content (AvgIpc) is 3.05. The first-order valence-corrected chi connectivity index (χ1v) is 9.91. The Morgan fingerprint density at radius 1 is 1.10 bits per heavy atom. The van der Waals surface area contributed by atoms with Crippen LogP contribution in [0.4, 0.5) is 21.5 Å². The molecule has 4 rings (SSSR count). The molecule has 0 aliphatic carbocycles. The molecule has 0 spiro atoms. The van der Waals surface area contributed by atoms with Gasteiger partial charge in [-0.2, -0.15) is 0 Å². The van der Waals surface area contributed by atoms with Crippen LogP contribution in [0.15, 0.2) is 48.7 Å². The molecule has 2 heterocycles. The predicted molar refractivity (Wildman–Crippen MR) is 113 cm³/mol. The molecule has 152 valence electrons. The third kappa shape index (κ3) is 4.93. The third-order valence-electron chi connectivity index (χ3n) is 5.12. The first-order valence-electron chi connectivity index (χ1n) is 9.91. The minimum atomic E-state index is -0.366. The van der Waals surface area contributed by atoms with E-state index in [1.54, 1.807) is 12.3 Å². The van der Waals surface area contributed by atoms with Crippen molar-refractivity contribution < 1.29 is 13.9 Å². The molecule has 0 radical (unpaired) electrons. The smallest absolute Gasteiger partial charge is 0.257 e. The number of amides is 1. The zero-order valence-corrected chi connectivity index (χ0v) is 16.2. The molecule has 3 N–H and O–H groups in total. The summed E-state index contributed by atoms with van der Waals surface area (Å²) in [7, 11) is 0. The number of halogens is 1. The number of nitrogens with one attached hydrogen (secondary N) is 3. The zero-order valence-electron chi connectivity index (χ0n) is 16.2. The fraction of sp³-hybridized carbons (Fsp3) is 0.318. The van der Waals surface area contributed by atoms with Crippen LogP contribution < -0.4 is 16.0 Å². The quantitative estimate of drug-likeness (QED) is 0.495. The molecule has 0 aromatic heterocycles. The molecule has 2 aliphatic heterocycles. The van der Waals surface area contributed by atoms with Gasteiger partial charge < -0.3 is 20.7 Å². The summed E-state index contributed by atoms with van der Waals surface area (Å²) in [5.41, 5.74) is 3.53. The lowest BCUT2D eigenvalue weighted by molar-refractivity contribution is -0.110. The van der Waals surface area contributed by atoms with Gasteiger partial charge in [0.2, 0.25) is 0 Å². The molecule has 1 saturated heterocycles. The molecule has 0 unspecified atom stereocenters. The Balaban J connectivity index is 1.28. The molecular formula is C22H25FN4O2. The van der Waals surface area contributed by atoms with Crippen molar-refractivity contribution in [1.82, 2.24) is 4.90 Å². The second kappa shape index (κ2) is 9.07. The molecule has 6 nitrogen and oxygen atoms in total. The van der Waals surface area contributed by atoms with Crippen molar-refractivity contribution in [2.24, 2.45) is 0 Å². The monoisotopic (exact) mass is 396 g/mol. The van der Waals surface area contributed by atoms with Gasteiger partial charge in [0.1, 0.15) is 5.82 Å². The van der Waals surface area contributed by atoms with Gasteiger partial charge in [0.25, 0.3) is 5.91 Å². The summed E-state index contributed by atoms with van der Waals surface area (Å²) < 4.78 is 18.9. The first kappa shape index (κ1) is 19.4. The van der Waals surface area contributed by atoms with Crippen molar-refractivity contribution in [1.29, 1.82) is 0 Å². The van der Waals surface area contributed by atoms with Crippen LogP contribution in [0.25, 0.3) is 5.57 Å². The molecule has 1 fully saturated rings. The molecule has 0 atom stereocenters. The molecule has 7 heteroatoms. The minimum absolute atomic E-state index is 0.239. The van der Waals surface area contributed by atoms with Crippen molar-refractivity contribution in [2.75, 3.05) is 55.3 Å². The minimum Gasteiger partial charge on any atom is -0.385 e. The molecular weight excluding hydrogens is 371 g/mol. The van der Waals surface area contributed by atoms with Gasteiger partial charge >= 0.3 is 0 Å². The second-order valence-corrected chi connectivity index (χ2v) is 7.16. The number of benzene rings is 2. The number of hydrogen-bond donors (Lipinski definition) is 3. The third-order valence-corrected chi connectivity index (χ3v) is 5.12. The molecule has 0 saturated carbocycles. The molecule has 0 bridgehead atoms. The van der Waals surface area contributed by atoms with Crippen LogP contribution in [0.2, 0.25) is 0 Å². The average molecular weight is 396 g/mol. The Bertz CT molecular complexity index is 892. The number of ether oxygens (including phenoxy) is 1. The van der Waals surface area contributed by atoms with Crippen LogP contribution in [0, 0.1) is 5.82 Å². The van der Waals surface area contributed by atoms with E-state index in [-0.39, 0.29) is 11.7 Å². The molecule has 2 aliphatic rings. The Labute approximate surface area is 169 Å². The van der Waals surface area contributed by atoms with Crippen LogP contribution in [0.1, 0.15) is 12.0 Å². The van der Waals surface area contributed by atoms with Crippen LogP contribution in [-0.4, -0.2) is 50.2 Å². The Morgan fingerprint density at radius 2 is 1.86 bits per heavy atom. The number of carbonyl (C=O) groups excluding carboxylic acids is 1. The Kier molecular flexibility index (Phi) is 6.07. The predicted octanol–water partition coefficient (Wildman–Crippen LogP) is 3.37. The van der Waals surface area contributed by atoms with E-state index >= 15 is 0 Å². The number of morpholine rings is 1. The van der Waals surface area contributed by atoms with Crippen LogP contribution in [0.5, 0.6) is 0 Å². The van der Waals surface area contributed by atoms with Crippen molar-refractivity contribution >= 4 is 28.5 Å². The molecule has 2 aromatic carbocycles. The fourth-order valence-electron chi connectivity index (χ4n) is 3.50. The lowest BCUT2D eigenvalue weighted by Crippen LogP contribution is -2.37. The van der Waals surface area contributed by atoms with Crippen LogP contribution in [0.3, 0.4) is 0 Å². The van der Waals surface area contributed by atoms with E-state index in [9.17, 15) is 9.18 Å². The molecule has 1 amide bonds. The van der Waals surface area contributed by atoms with Gasteiger partial charge in [-0.3, -0.25) is 9.69 Å². The number of rotatable bonds is 7. The maximum absolute atomic E-state index is 13.5. The highest BCUT2D eigenvalue weighted by Gasteiger charge is 2.24. The van der Waals surface area contributed by atoms with E-state index in [2.05, 4.69) is 20.9 Å². The summed E-state index contributed by atoms with van der Waals surface area (Å²) in [5.74, 6) is -0.605. The second-order valence-electron chi connectivity index (χ2n) is 7.16. The van der Waals surface area contributed by atoms with E-state index < -0.39 is 0 Å². The van der Waals surface area contributed by atoms with E-state index in [1.165, 1.54) is 12.1 Å². The van der Waals surface area contributed by atoms with E-state index in [0.717, 1.165) is 57.2 Å². The van der Waals surface area contributed by atoms with Crippen molar-refractivity contribution in [2.45, 2.75) is 6.42 Å². The standard InChI is InChI=1S/C22H25FN4O2/c23-16-2-7-21-19(14-16)20(22(28)26-21)15-25-18-5-3-17(4-6-18)24-8-1-9-27-10-12-29-13-11-27/h2-7,14-15,24-25H,1,8-13H2,(H,26,28). The Morgan fingerprint density at radius 3 is 2.66 bits per heavy atom. The summed E-state index contributed by atoms with van der Waals surface area (Å²) in [5, 5.41) is 9.29. The number of fused-ring (bicyclic) bond motifs is 1. The van der Waals surface area contributed by atoms with Gasteiger partial charge in [0.15, 0.2) is 0 Å². The highest BCUT2D eigenvalue weighted by Crippen LogP contribution is 2.32. The number of anilines is 3.